The Hall–Kier alpha value is -2.43. The minimum Gasteiger partial charge on any atom is -0.467 e. The molecule has 0 aromatic heterocycles. The standard InChI is InChI=1S/C15H17NO4/c1-3-12(17)14(15(19)20-2)16-13(18)10-9-11-7-5-4-6-8-11/h4-10,14H,3H2,1-2H3,(H,16,18). The largest absolute Gasteiger partial charge is 0.467 e. The van der Waals surface area contributed by atoms with Crippen molar-refractivity contribution < 1.29 is 19.1 Å². The topological polar surface area (TPSA) is 72.5 Å². The van der Waals surface area contributed by atoms with Gasteiger partial charge in [0, 0.05) is 12.5 Å². The maximum absolute atomic E-state index is 11.7. The van der Waals surface area contributed by atoms with Crippen molar-refractivity contribution in [2.45, 2.75) is 19.4 Å². The zero-order chi connectivity index (χ0) is 15.0. The Kier molecular flexibility index (Phi) is 6.16. The average Bonchev–Trinajstić information content (AvgIpc) is 2.50. The lowest BCUT2D eigenvalue weighted by Crippen LogP contribution is -2.46. The van der Waals surface area contributed by atoms with Crippen LogP contribution < -0.4 is 5.32 Å². The third kappa shape index (κ3) is 4.68. The lowest BCUT2D eigenvalue weighted by atomic mass is 10.1. The molecule has 0 fully saturated rings. The first-order valence-electron chi connectivity index (χ1n) is 6.22. The van der Waals surface area contributed by atoms with Gasteiger partial charge in [-0.25, -0.2) is 4.79 Å². The van der Waals surface area contributed by atoms with Crippen LogP contribution in [0.3, 0.4) is 0 Å². The van der Waals surface area contributed by atoms with Gasteiger partial charge in [0.25, 0.3) is 0 Å². The monoisotopic (exact) mass is 275 g/mol. The summed E-state index contributed by atoms with van der Waals surface area (Å²) in [5.74, 6) is -1.68. The number of amides is 1. The number of hydrogen-bond acceptors (Lipinski definition) is 4. The van der Waals surface area contributed by atoms with E-state index in [9.17, 15) is 14.4 Å². The summed E-state index contributed by atoms with van der Waals surface area (Å²) in [6.07, 6.45) is 3.01. The molecule has 1 unspecified atom stereocenters. The highest BCUT2D eigenvalue weighted by molar-refractivity contribution is 6.07. The van der Waals surface area contributed by atoms with Gasteiger partial charge in [-0.05, 0) is 11.6 Å². The molecule has 0 radical (unpaired) electrons. The molecule has 0 spiro atoms. The Morgan fingerprint density at radius 3 is 2.45 bits per heavy atom. The van der Waals surface area contributed by atoms with Crippen LogP contribution >= 0.6 is 0 Å². The fourth-order valence-corrected chi connectivity index (χ4v) is 1.52. The Balaban J connectivity index is 2.69. The molecule has 0 saturated heterocycles. The number of methoxy groups -OCH3 is 1. The van der Waals surface area contributed by atoms with Crippen molar-refractivity contribution in [2.24, 2.45) is 0 Å². The van der Waals surface area contributed by atoms with Crippen molar-refractivity contribution in [1.82, 2.24) is 5.32 Å². The van der Waals surface area contributed by atoms with Crippen LogP contribution in [0.5, 0.6) is 0 Å². The first-order chi connectivity index (χ1) is 9.58. The van der Waals surface area contributed by atoms with E-state index in [0.717, 1.165) is 5.56 Å². The van der Waals surface area contributed by atoms with Gasteiger partial charge >= 0.3 is 5.97 Å². The second-order valence-electron chi connectivity index (χ2n) is 4.03. The van der Waals surface area contributed by atoms with E-state index in [1.165, 1.54) is 13.2 Å². The van der Waals surface area contributed by atoms with Crippen molar-refractivity contribution in [3.63, 3.8) is 0 Å². The van der Waals surface area contributed by atoms with E-state index in [-0.39, 0.29) is 6.42 Å². The molecule has 0 saturated carbocycles. The molecule has 1 aromatic carbocycles. The van der Waals surface area contributed by atoms with Gasteiger partial charge in [-0.15, -0.1) is 0 Å². The lowest BCUT2D eigenvalue weighted by Gasteiger charge is -2.13. The highest BCUT2D eigenvalue weighted by Gasteiger charge is 2.26. The Labute approximate surface area is 117 Å². The maximum Gasteiger partial charge on any atom is 0.336 e. The van der Waals surface area contributed by atoms with E-state index in [1.807, 2.05) is 30.3 Å². The van der Waals surface area contributed by atoms with Crippen molar-refractivity contribution in [1.29, 1.82) is 0 Å². The Morgan fingerprint density at radius 2 is 1.90 bits per heavy atom. The van der Waals surface area contributed by atoms with Gasteiger partial charge in [0.15, 0.2) is 11.8 Å². The Bertz CT molecular complexity index is 492. The molecular formula is C15H17NO4. The summed E-state index contributed by atoms with van der Waals surface area (Å²) in [6, 6.07) is 7.96. The minimum atomic E-state index is -1.25. The number of ketones is 1. The quantitative estimate of drug-likeness (QED) is 0.483. The first-order valence-corrected chi connectivity index (χ1v) is 6.22. The van der Waals surface area contributed by atoms with Crippen molar-refractivity contribution in [2.75, 3.05) is 7.11 Å². The van der Waals surface area contributed by atoms with Crippen molar-refractivity contribution in [3.8, 4) is 0 Å². The van der Waals surface area contributed by atoms with E-state index in [0.29, 0.717) is 0 Å². The summed E-state index contributed by atoms with van der Waals surface area (Å²) in [5, 5.41) is 2.34. The summed E-state index contributed by atoms with van der Waals surface area (Å²) in [5.41, 5.74) is 0.846. The molecule has 0 aliphatic heterocycles. The van der Waals surface area contributed by atoms with Crippen LogP contribution in [0.15, 0.2) is 36.4 Å². The highest BCUT2D eigenvalue weighted by Crippen LogP contribution is 2.01. The SMILES string of the molecule is CCC(=O)C(NC(=O)C=Cc1ccccc1)C(=O)OC. The number of Topliss-reactive ketones (excluding diaryl/α,β-unsaturated/α-hetero) is 1. The number of rotatable bonds is 6. The zero-order valence-corrected chi connectivity index (χ0v) is 11.5. The predicted molar refractivity (Wildman–Crippen MR) is 74.7 cm³/mol. The smallest absolute Gasteiger partial charge is 0.336 e. The van der Waals surface area contributed by atoms with Crippen LogP contribution in [-0.4, -0.2) is 30.8 Å². The number of carbonyl (C=O) groups excluding carboxylic acids is 3. The summed E-state index contributed by atoms with van der Waals surface area (Å²) >= 11 is 0. The van der Waals surface area contributed by atoms with Gasteiger partial charge in [-0.3, -0.25) is 9.59 Å². The van der Waals surface area contributed by atoms with E-state index >= 15 is 0 Å². The lowest BCUT2D eigenvalue weighted by molar-refractivity contribution is -0.148. The van der Waals surface area contributed by atoms with Gasteiger partial charge in [0.2, 0.25) is 5.91 Å². The van der Waals surface area contributed by atoms with E-state index in [4.69, 9.17) is 0 Å². The fourth-order valence-electron chi connectivity index (χ4n) is 1.52. The second-order valence-corrected chi connectivity index (χ2v) is 4.03. The third-order valence-electron chi connectivity index (χ3n) is 2.62. The van der Waals surface area contributed by atoms with E-state index in [1.54, 1.807) is 13.0 Å². The molecule has 1 amide bonds. The van der Waals surface area contributed by atoms with Crippen molar-refractivity contribution in [3.05, 3.63) is 42.0 Å². The molecule has 20 heavy (non-hydrogen) atoms. The average molecular weight is 275 g/mol. The third-order valence-corrected chi connectivity index (χ3v) is 2.62. The predicted octanol–water partition coefficient (Wildman–Crippen LogP) is 1.34. The van der Waals surface area contributed by atoms with Gasteiger partial charge in [0.05, 0.1) is 7.11 Å². The van der Waals surface area contributed by atoms with Crippen LogP contribution in [0.1, 0.15) is 18.9 Å². The summed E-state index contributed by atoms with van der Waals surface area (Å²) in [4.78, 5) is 34.7. The molecule has 0 aliphatic carbocycles. The zero-order valence-electron chi connectivity index (χ0n) is 11.5. The highest BCUT2D eigenvalue weighted by atomic mass is 16.5. The molecule has 106 valence electrons. The van der Waals surface area contributed by atoms with Crippen LogP contribution in [-0.2, 0) is 19.1 Å². The molecule has 5 nitrogen and oxygen atoms in total. The van der Waals surface area contributed by atoms with E-state index < -0.39 is 23.7 Å². The van der Waals surface area contributed by atoms with Crippen LogP contribution in [0.4, 0.5) is 0 Å². The van der Waals surface area contributed by atoms with Crippen molar-refractivity contribution >= 4 is 23.7 Å². The number of hydrogen-bond donors (Lipinski definition) is 1. The first kappa shape index (κ1) is 15.6. The van der Waals surface area contributed by atoms with Gasteiger partial charge in [-0.1, -0.05) is 37.3 Å². The van der Waals surface area contributed by atoms with Crippen LogP contribution in [0, 0.1) is 0 Å². The van der Waals surface area contributed by atoms with Crippen LogP contribution in [0.2, 0.25) is 0 Å². The van der Waals surface area contributed by atoms with Gasteiger partial charge in [-0.2, -0.15) is 0 Å². The normalized spacial score (nSPS) is 11.9. The fraction of sp³-hybridized carbons (Fsp3) is 0.267. The summed E-state index contributed by atoms with van der Waals surface area (Å²) < 4.78 is 4.50. The summed E-state index contributed by atoms with van der Waals surface area (Å²) in [7, 11) is 1.17. The Morgan fingerprint density at radius 1 is 1.25 bits per heavy atom. The van der Waals surface area contributed by atoms with Gasteiger partial charge < -0.3 is 10.1 Å². The molecule has 1 aromatic rings. The molecule has 1 atom stereocenters. The molecule has 0 heterocycles. The molecule has 5 heteroatoms. The second kappa shape index (κ2) is 7.89. The molecular weight excluding hydrogens is 258 g/mol. The maximum atomic E-state index is 11.7. The van der Waals surface area contributed by atoms with Gasteiger partial charge in [0.1, 0.15) is 0 Å². The number of carbonyl (C=O) groups is 3. The summed E-state index contributed by atoms with van der Waals surface area (Å²) in [6.45, 7) is 1.62. The molecule has 0 aliphatic rings. The molecule has 0 bridgehead atoms. The van der Waals surface area contributed by atoms with Crippen LogP contribution in [0.25, 0.3) is 6.08 Å². The van der Waals surface area contributed by atoms with E-state index in [2.05, 4.69) is 10.1 Å². The minimum absolute atomic E-state index is 0.141. The number of nitrogens with one attached hydrogen (secondary N) is 1. The molecule has 1 N–H and O–H groups in total. The number of benzene rings is 1. The number of ether oxygens (including phenoxy) is 1. The number of esters is 1. The molecule has 1 rings (SSSR count).